The summed E-state index contributed by atoms with van der Waals surface area (Å²) in [6, 6.07) is 0. The number of ether oxygens (including phenoxy) is 1. The molecule has 0 saturated carbocycles. The van der Waals surface area contributed by atoms with Crippen LogP contribution in [-0.2, 0) is 4.74 Å². The summed E-state index contributed by atoms with van der Waals surface area (Å²) in [4.78, 5) is 4.08. The van der Waals surface area contributed by atoms with Crippen molar-refractivity contribution in [3.63, 3.8) is 0 Å². The third-order valence-electron chi connectivity index (χ3n) is 1.06. The fraction of sp³-hybridized carbons (Fsp3) is 0.833. The van der Waals surface area contributed by atoms with Gasteiger partial charge in [-0.3, -0.25) is 4.99 Å². The normalized spacial score (nSPS) is 11.7. The SMILES string of the molecule is CCN=C(CCOC)NN. The Balaban J connectivity index is 3.49. The number of nitrogens with two attached hydrogens (primary N) is 1. The number of nitrogens with one attached hydrogen (secondary N) is 1. The molecule has 0 amide bonds. The summed E-state index contributed by atoms with van der Waals surface area (Å²) in [5, 5.41) is 0. The first-order valence-corrected chi connectivity index (χ1v) is 3.34. The van der Waals surface area contributed by atoms with E-state index in [1.54, 1.807) is 7.11 Å². The van der Waals surface area contributed by atoms with Gasteiger partial charge in [0.25, 0.3) is 0 Å². The average molecular weight is 145 g/mol. The molecule has 0 aliphatic heterocycles. The number of rotatable bonds is 4. The van der Waals surface area contributed by atoms with Crippen LogP contribution < -0.4 is 11.3 Å². The Bertz CT molecular complexity index is 103. The van der Waals surface area contributed by atoms with Gasteiger partial charge in [-0.25, -0.2) is 5.84 Å². The van der Waals surface area contributed by atoms with Crippen molar-refractivity contribution in [3.8, 4) is 0 Å². The van der Waals surface area contributed by atoms with Crippen molar-refractivity contribution in [3.05, 3.63) is 0 Å². The van der Waals surface area contributed by atoms with E-state index in [0.29, 0.717) is 6.61 Å². The fourth-order valence-corrected chi connectivity index (χ4v) is 0.586. The predicted molar refractivity (Wildman–Crippen MR) is 41.8 cm³/mol. The highest BCUT2D eigenvalue weighted by Crippen LogP contribution is 1.82. The topological polar surface area (TPSA) is 59.6 Å². The van der Waals surface area contributed by atoms with Crippen LogP contribution in [0.25, 0.3) is 0 Å². The molecule has 0 aromatic heterocycles. The molecule has 0 saturated heterocycles. The van der Waals surface area contributed by atoms with Crippen LogP contribution in [0.4, 0.5) is 0 Å². The lowest BCUT2D eigenvalue weighted by Crippen LogP contribution is -2.31. The van der Waals surface area contributed by atoms with E-state index in [-0.39, 0.29) is 0 Å². The second-order valence-corrected chi connectivity index (χ2v) is 1.81. The Morgan fingerprint density at radius 1 is 1.70 bits per heavy atom. The maximum Gasteiger partial charge on any atom is 0.113 e. The zero-order valence-corrected chi connectivity index (χ0v) is 6.55. The molecule has 0 heterocycles. The molecule has 0 spiro atoms. The lowest BCUT2D eigenvalue weighted by molar-refractivity contribution is 0.206. The molecule has 0 aromatic rings. The predicted octanol–water partition coefficient (Wildman–Crippen LogP) is -0.0954. The minimum absolute atomic E-state index is 0.656. The molecular weight excluding hydrogens is 130 g/mol. The van der Waals surface area contributed by atoms with Crippen molar-refractivity contribution in [1.82, 2.24) is 5.43 Å². The molecule has 4 heteroatoms. The van der Waals surface area contributed by atoms with E-state index < -0.39 is 0 Å². The number of aliphatic imine (C=N–C) groups is 1. The number of nitrogens with zero attached hydrogens (tertiary/aromatic N) is 1. The molecule has 0 aliphatic carbocycles. The quantitative estimate of drug-likeness (QED) is 0.251. The molecule has 3 N–H and O–H groups in total. The van der Waals surface area contributed by atoms with Gasteiger partial charge in [-0.2, -0.15) is 0 Å². The third kappa shape index (κ3) is 4.29. The van der Waals surface area contributed by atoms with Crippen molar-refractivity contribution in [2.24, 2.45) is 10.8 Å². The monoisotopic (exact) mass is 145 g/mol. The maximum absolute atomic E-state index is 5.16. The first kappa shape index (κ1) is 9.39. The average Bonchev–Trinajstić information content (AvgIpc) is 1.98. The zero-order chi connectivity index (χ0) is 7.82. The van der Waals surface area contributed by atoms with Crippen molar-refractivity contribution >= 4 is 5.84 Å². The number of hydrogen-bond acceptors (Lipinski definition) is 3. The first-order chi connectivity index (χ1) is 4.85. The molecule has 0 aliphatic rings. The van der Waals surface area contributed by atoms with Gasteiger partial charge in [-0.15, -0.1) is 0 Å². The Morgan fingerprint density at radius 3 is 2.80 bits per heavy atom. The van der Waals surface area contributed by atoms with E-state index in [2.05, 4.69) is 10.4 Å². The minimum atomic E-state index is 0.656. The molecule has 0 rings (SSSR count). The van der Waals surface area contributed by atoms with Gasteiger partial charge in [0.15, 0.2) is 0 Å². The van der Waals surface area contributed by atoms with Crippen LogP contribution >= 0.6 is 0 Å². The summed E-state index contributed by atoms with van der Waals surface area (Å²) in [6.45, 7) is 3.37. The van der Waals surface area contributed by atoms with Crippen LogP contribution in [0.3, 0.4) is 0 Å². The molecular formula is C6H15N3O. The van der Waals surface area contributed by atoms with Gasteiger partial charge in [0.1, 0.15) is 5.84 Å². The summed E-state index contributed by atoms with van der Waals surface area (Å²) >= 11 is 0. The van der Waals surface area contributed by atoms with Gasteiger partial charge in [-0.05, 0) is 6.92 Å². The highest BCUT2D eigenvalue weighted by Gasteiger charge is 1.92. The van der Waals surface area contributed by atoms with Gasteiger partial charge in [0.2, 0.25) is 0 Å². The molecule has 60 valence electrons. The largest absolute Gasteiger partial charge is 0.384 e. The van der Waals surface area contributed by atoms with Crippen LogP contribution in [0.1, 0.15) is 13.3 Å². The fourth-order valence-electron chi connectivity index (χ4n) is 0.586. The number of hydrazine groups is 1. The van der Waals surface area contributed by atoms with E-state index in [4.69, 9.17) is 10.6 Å². The summed E-state index contributed by atoms with van der Waals surface area (Å²) < 4.78 is 4.84. The van der Waals surface area contributed by atoms with Crippen LogP contribution in [-0.4, -0.2) is 26.1 Å². The third-order valence-corrected chi connectivity index (χ3v) is 1.06. The highest BCUT2D eigenvalue weighted by atomic mass is 16.5. The van der Waals surface area contributed by atoms with Crippen LogP contribution in [0.5, 0.6) is 0 Å². The molecule has 0 fully saturated rings. The van der Waals surface area contributed by atoms with Crippen LogP contribution in [0, 0.1) is 0 Å². The van der Waals surface area contributed by atoms with Crippen molar-refractivity contribution in [2.75, 3.05) is 20.3 Å². The van der Waals surface area contributed by atoms with Crippen LogP contribution in [0.2, 0.25) is 0 Å². The Morgan fingerprint density at radius 2 is 2.40 bits per heavy atom. The molecule has 0 aromatic carbocycles. The van der Waals surface area contributed by atoms with Crippen molar-refractivity contribution in [2.45, 2.75) is 13.3 Å². The summed E-state index contributed by atoms with van der Waals surface area (Å²) in [6.07, 6.45) is 0.751. The maximum atomic E-state index is 5.16. The lowest BCUT2D eigenvalue weighted by atomic mass is 10.4. The lowest BCUT2D eigenvalue weighted by Gasteiger charge is -2.02. The van der Waals surface area contributed by atoms with Gasteiger partial charge in [-0.1, -0.05) is 0 Å². The summed E-state index contributed by atoms with van der Waals surface area (Å²) in [5.41, 5.74) is 2.51. The van der Waals surface area contributed by atoms with E-state index in [1.165, 1.54) is 0 Å². The molecule has 0 bridgehead atoms. The smallest absolute Gasteiger partial charge is 0.113 e. The number of methoxy groups -OCH3 is 1. The van der Waals surface area contributed by atoms with E-state index in [1.807, 2.05) is 6.92 Å². The summed E-state index contributed by atoms with van der Waals surface area (Å²) in [7, 11) is 1.65. The second kappa shape index (κ2) is 6.51. The van der Waals surface area contributed by atoms with E-state index in [9.17, 15) is 0 Å². The van der Waals surface area contributed by atoms with Gasteiger partial charge in [0, 0.05) is 20.1 Å². The standard InChI is InChI=1S/C6H15N3O/c1-3-8-6(9-7)4-5-10-2/h3-5,7H2,1-2H3,(H,8,9). The van der Waals surface area contributed by atoms with Crippen LogP contribution in [0.15, 0.2) is 4.99 Å². The summed E-state index contributed by atoms with van der Waals surface area (Å²) in [5.74, 6) is 5.96. The second-order valence-electron chi connectivity index (χ2n) is 1.81. The Kier molecular flexibility index (Phi) is 6.11. The Hall–Kier alpha value is -0.610. The van der Waals surface area contributed by atoms with Gasteiger partial charge in [0.05, 0.1) is 6.61 Å². The van der Waals surface area contributed by atoms with Gasteiger partial charge < -0.3 is 10.2 Å². The molecule has 4 nitrogen and oxygen atoms in total. The molecule has 10 heavy (non-hydrogen) atoms. The van der Waals surface area contributed by atoms with E-state index >= 15 is 0 Å². The van der Waals surface area contributed by atoms with Gasteiger partial charge >= 0.3 is 0 Å². The van der Waals surface area contributed by atoms with Crippen molar-refractivity contribution < 1.29 is 4.74 Å². The number of amidine groups is 1. The molecule has 0 radical (unpaired) electrons. The zero-order valence-electron chi connectivity index (χ0n) is 6.55. The molecule has 0 atom stereocenters. The first-order valence-electron chi connectivity index (χ1n) is 3.34. The molecule has 0 unspecified atom stereocenters. The minimum Gasteiger partial charge on any atom is -0.384 e. The van der Waals surface area contributed by atoms with E-state index in [0.717, 1.165) is 18.8 Å². The van der Waals surface area contributed by atoms with Crippen molar-refractivity contribution in [1.29, 1.82) is 0 Å². The Labute approximate surface area is 61.4 Å². The highest BCUT2D eigenvalue weighted by molar-refractivity contribution is 5.81. The number of hydrogen-bond donors (Lipinski definition) is 2.